The van der Waals surface area contributed by atoms with Crippen molar-refractivity contribution in [2.45, 2.75) is 26.3 Å². The van der Waals surface area contributed by atoms with Crippen LogP contribution in [0.4, 0.5) is 0 Å². The average molecular weight is 406 g/mol. The third-order valence-electron chi connectivity index (χ3n) is 3.77. The quantitative estimate of drug-likeness (QED) is 0.400. The van der Waals surface area contributed by atoms with E-state index in [0.29, 0.717) is 16.5 Å². The zero-order valence-electron chi connectivity index (χ0n) is 15.9. The normalized spacial score (nSPS) is 10.7. The molecule has 2 amide bonds. The number of carbonyl (C=O) groups is 3. The Hall–Kier alpha value is -2.88. The fourth-order valence-electron chi connectivity index (χ4n) is 2.35. The van der Waals surface area contributed by atoms with E-state index in [0.717, 1.165) is 0 Å². The van der Waals surface area contributed by atoms with Gasteiger partial charge in [0, 0.05) is 17.6 Å². The van der Waals surface area contributed by atoms with Crippen molar-refractivity contribution in [3.8, 4) is 0 Å². The Morgan fingerprint density at radius 3 is 2.50 bits per heavy atom. The zero-order valence-corrected chi connectivity index (χ0v) is 16.7. The van der Waals surface area contributed by atoms with Crippen LogP contribution < -0.4 is 16.4 Å². The third-order valence-corrected chi connectivity index (χ3v) is 4.70. The van der Waals surface area contributed by atoms with Gasteiger partial charge in [0.2, 0.25) is 5.91 Å². The molecule has 0 aliphatic carbocycles. The number of hydrogen-bond acceptors (Lipinski definition) is 7. The first-order valence-corrected chi connectivity index (χ1v) is 9.76. The number of methoxy groups -OCH3 is 1. The van der Waals surface area contributed by atoms with E-state index in [1.807, 2.05) is 0 Å². The van der Waals surface area contributed by atoms with E-state index >= 15 is 0 Å². The molecule has 9 nitrogen and oxygen atoms in total. The number of nitrogens with one attached hydrogen (secondary N) is 2. The van der Waals surface area contributed by atoms with Gasteiger partial charge in [0.15, 0.2) is 5.69 Å². The molecule has 0 saturated heterocycles. The smallest absolute Gasteiger partial charge is 0.315 e. The lowest BCUT2D eigenvalue weighted by molar-refractivity contribution is -0.137. The van der Waals surface area contributed by atoms with Gasteiger partial charge in [0.05, 0.1) is 24.3 Å². The van der Waals surface area contributed by atoms with Crippen molar-refractivity contribution in [1.82, 2.24) is 20.6 Å². The highest BCUT2D eigenvalue weighted by molar-refractivity contribution is 7.99. The molecule has 0 atom stereocenters. The van der Waals surface area contributed by atoms with Crippen LogP contribution in [-0.2, 0) is 14.3 Å². The van der Waals surface area contributed by atoms with Crippen LogP contribution in [0.25, 0.3) is 10.8 Å². The van der Waals surface area contributed by atoms with Gasteiger partial charge < -0.3 is 4.74 Å². The molecule has 2 rings (SSSR count). The lowest BCUT2D eigenvalue weighted by Crippen LogP contribution is -2.43. The van der Waals surface area contributed by atoms with Crippen molar-refractivity contribution < 1.29 is 19.1 Å². The molecule has 0 spiro atoms. The van der Waals surface area contributed by atoms with Gasteiger partial charge in [-0.05, 0) is 19.9 Å². The molecular formula is C18H22N4O5S. The molecule has 1 aromatic carbocycles. The minimum absolute atomic E-state index is 0.0456. The molecule has 0 radical (unpaired) electrons. The lowest BCUT2D eigenvalue weighted by Gasteiger charge is -2.13. The number of carbonyl (C=O) groups excluding carboxylic acids is 3. The Labute approximate surface area is 165 Å². The minimum Gasteiger partial charge on any atom is -0.468 e. The van der Waals surface area contributed by atoms with Gasteiger partial charge in [-0.15, -0.1) is 11.8 Å². The maximum Gasteiger partial charge on any atom is 0.315 e. The number of benzene rings is 1. The fraction of sp³-hybridized carbons (Fsp3) is 0.389. The van der Waals surface area contributed by atoms with Gasteiger partial charge >= 0.3 is 5.97 Å². The van der Waals surface area contributed by atoms with E-state index in [4.69, 9.17) is 0 Å². The summed E-state index contributed by atoms with van der Waals surface area (Å²) in [7, 11) is 1.30. The second-order valence-electron chi connectivity index (χ2n) is 6.12. The van der Waals surface area contributed by atoms with E-state index in [2.05, 4.69) is 20.7 Å². The highest BCUT2D eigenvalue weighted by Gasteiger charge is 2.18. The number of hydrogen-bond donors (Lipinski definition) is 2. The summed E-state index contributed by atoms with van der Waals surface area (Å²) in [4.78, 5) is 47.9. The largest absolute Gasteiger partial charge is 0.468 e. The topological polar surface area (TPSA) is 119 Å². The monoisotopic (exact) mass is 406 g/mol. The summed E-state index contributed by atoms with van der Waals surface area (Å²) in [5.41, 5.74) is 4.40. The number of aromatic nitrogens is 2. The summed E-state index contributed by atoms with van der Waals surface area (Å²) in [5, 5.41) is 4.95. The lowest BCUT2D eigenvalue weighted by atomic mass is 10.1. The molecule has 28 heavy (non-hydrogen) atoms. The van der Waals surface area contributed by atoms with Crippen LogP contribution in [0.1, 0.15) is 36.8 Å². The first-order chi connectivity index (χ1) is 13.3. The molecule has 2 aromatic rings. The Balaban J connectivity index is 2.05. The molecule has 1 heterocycles. The highest BCUT2D eigenvalue weighted by Crippen LogP contribution is 2.14. The van der Waals surface area contributed by atoms with E-state index in [-0.39, 0.29) is 35.4 Å². The van der Waals surface area contributed by atoms with Crippen molar-refractivity contribution in [3.63, 3.8) is 0 Å². The molecule has 150 valence electrons. The van der Waals surface area contributed by atoms with E-state index < -0.39 is 11.8 Å². The van der Waals surface area contributed by atoms with Crippen LogP contribution in [0.2, 0.25) is 0 Å². The van der Waals surface area contributed by atoms with Gasteiger partial charge in [-0.3, -0.25) is 30.0 Å². The summed E-state index contributed by atoms with van der Waals surface area (Å²) in [6, 6.07) is 6.45. The molecule has 0 aliphatic heterocycles. The summed E-state index contributed by atoms with van der Waals surface area (Å²) in [6.07, 6.45) is 0.113. The maximum atomic E-state index is 12.5. The van der Waals surface area contributed by atoms with Crippen molar-refractivity contribution >= 4 is 40.3 Å². The number of rotatable bonds is 7. The Kier molecular flexibility index (Phi) is 7.56. The standard InChI is InChI=1S/C18H22N4O5S/c1-11(2)22-18(26)13-7-5-4-6-12(13)16(21-22)17(25)20-19-14(23)8-9-28-10-15(24)27-3/h4-7,11H,8-10H2,1-3H3,(H,19,23)(H,20,25). The van der Waals surface area contributed by atoms with Crippen LogP contribution in [0, 0.1) is 0 Å². The SMILES string of the molecule is COC(=O)CSCCC(=O)NNC(=O)c1nn(C(C)C)c(=O)c2ccccc12. The van der Waals surface area contributed by atoms with Gasteiger partial charge in [-0.2, -0.15) is 5.10 Å². The first kappa shape index (κ1) is 21.4. The van der Waals surface area contributed by atoms with E-state index in [1.54, 1.807) is 38.1 Å². The first-order valence-electron chi connectivity index (χ1n) is 8.60. The second-order valence-corrected chi connectivity index (χ2v) is 7.22. The molecule has 0 unspecified atom stereocenters. The van der Waals surface area contributed by atoms with Gasteiger partial charge in [-0.25, -0.2) is 4.68 Å². The molecule has 1 aromatic heterocycles. The van der Waals surface area contributed by atoms with Crippen LogP contribution in [0.15, 0.2) is 29.1 Å². The van der Waals surface area contributed by atoms with Gasteiger partial charge in [0.1, 0.15) is 0 Å². The molecule has 0 bridgehead atoms. The third kappa shape index (κ3) is 5.32. The summed E-state index contributed by atoms with van der Waals surface area (Å²) in [5.74, 6) is -0.843. The predicted octanol–water partition coefficient (Wildman–Crippen LogP) is 1.03. The number of thioether (sulfide) groups is 1. The zero-order chi connectivity index (χ0) is 20.7. The second kappa shape index (κ2) is 9.88. The molecule has 10 heteroatoms. The number of fused-ring (bicyclic) bond motifs is 1. The minimum atomic E-state index is -0.624. The number of nitrogens with zero attached hydrogens (tertiary/aromatic N) is 2. The van der Waals surface area contributed by atoms with Gasteiger partial charge in [-0.1, -0.05) is 18.2 Å². The van der Waals surface area contributed by atoms with Crippen molar-refractivity contribution in [2.24, 2.45) is 0 Å². The van der Waals surface area contributed by atoms with Crippen LogP contribution >= 0.6 is 11.8 Å². The Morgan fingerprint density at radius 2 is 1.86 bits per heavy atom. The van der Waals surface area contributed by atoms with Crippen LogP contribution in [-0.4, -0.2) is 46.2 Å². The Morgan fingerprint density at radius 1 is 1.18 bits per heavy atom. The van der Waals surface area contributed by atoms with Crippen molar-refractivity contribution in [1.29, 1.82) is 0 Å². The van der Waals surface area contributed by atoms with Gasteiger partial charge in [0.25, 0.3) is 11.5 Å². The number of esters is 1. The number of amides is 2. The molecule has 0 aliphatic rings. The van der Waals surface area contributed by atoms with Crippen LogP contribution in [0.3, 0.4) is 0 Å². The predicted molar refractivity (Wildman–Crippen MR) is 106 cm³/mol. The fourth-order valence-corrected chi connectivity index (χ4v) is 3.11. The number of ether oxygens (including phenoxy) is 1. The summed E-state index contributed by atoms with van der Waals surface area (Å²) >= 11 is 1.26. The van der Waals surface area contributed by atoms with Crippen LogP contribution in [0.5, 0.6) is 0 Å². The van der Waals surface area contributed by atoms with E-state index in [1.165, 1.54) is 23.6 Å². The average Bonchev–Trinajstić information content (AvgIpc) is 2.69. The molecular weight excluding hydrogens is 384 g/mol. The Bertz CT molecular complexity index is 941. The molecule has 2 N–H and O–H groups in total. The molecule has 0 fully saturated rings. The van der Waals surface area contributed by atoms with Crippen molar-refractivity contribution in [3.05, 3.63) is 40.3 Å². The summed E-state index contributed by atoms with van der Waals surface area (Å²) in [6.45, 7) is 3.58. The maximum absolute atomic E-state index is 12.5. The highest BCUT2D eigenvalue weighted by atomic mass is 32.2. The number of hydrazine groups is 1. The molecule has 0 saturated carbocycles. The van der Waals surface area contributed by atoms with Crippen molar-refractivity contribution in [2.75, 3.05) is 18.6 Å². The van der Waals surface area contributed by atoms with E-state index in [9.17, 15) is 19.2 Å². The summed E-state index contributed by atoms with van der Waals surface area (Å²) < 4.78 is 5.75.